The summed E-state index contributed by atoms with van der Waals surface area (Å²) in [7, 11) is 0. The quantitative estimate of drug-likeness (QED) is 0.512. The van der Waals surface area contributed by atoms with Crippen LogP contribution in [0, 0.1) is 0 Å². The van der Waals surface area contributed by atoms with E-state index in [0.717, 1.165) is 11.1 Å². The molecule has 0 aliphatic heterocycles. The van der Waals surface area contributed by atoms with E-state index in [4.69, 9.17) is 0 Å². The number of carbonyl (C=O) groups excluding carboxylic acids is 2. The lowest BCUT2D eigenvalue weighted by atomic mass is 9.99. The minimum absolute atomic E-state index is 0.413. The Balaban J connectivity index is 0.00000139. The van der Waals surface area contributed by atoms with Gasteiger partial charge in [-0.15, -0.1) is 0 Å². The predicted octanol–water partition coefficient (Wildman–Crippen LogP) is 5.84. The van der Waals surface area contributed by atoms with Crippen LogP contribution < -0.4 is 0 Å². The van der Waals surface area contributed by atoms with Crippen molar-refractivity contribution in [3.8, 4) is 0 Å². The topological polar surface area (TPSA) is 34.1 Å². The molecule has 0 bridgehead atoms. The lowest BCUT2D eigenvalue weighted by Gasteiger charge is -2.02. The van der Waals surface area contributed by atoms with Gasteiger partial charge in [-0.3, -0.25) is 9.59 Å². The molecule has 0 N–H and O–H groups in total. The van der Waals surface area contributed by atoms with Gasteiger partial charge in [0.1, 0.15) is 0 Å². The van der Waals surface area contributed by atoms with Gasteiger partial charge in [0.05, 0.1) is 0 Å². The molecule has 0 aliphatic carbocycles. The number of benzene rings is 2. The van der Waals surface area contributed by atoms with Crippen LogP contribution in [0.15, 0.2) is 60.7 Å². The third-order valence-corrected chi connectivity index (χ3v) is 3.27. The highest BCUT2D eigenvalue weighted by Crippen LogP contribution is 2.12. The highest BCUT2D eigenvalue weighted by Gasteiger charge is 2.17. The second-order valence-corrected chi connectivity index (χ2v) is 4.90. The molecular weight excluding hydrogens is 296 g/mol. The molecule has 0 radical (unpaired) electrons. The van der Waals surface area contributed by atoms with Crippen LogP contribution in [0.1, 0.15) is 59.5 Å². The van der Waals surface area contributed by atoms with Crippen molar-refractivity contribution in [2.45, 2.75) is 27.7 Å². The fourth-order valence-corrected chi connectivity index (χ4v) is 2.14. The molecule has 0 aromatic heterocycles. The third-order valence-electron chi connectivity index (χ3n) is 3.27. The lowest BCUT2D eigenvalue weighted by Crippen LogP contribution is -2.14. The number of Topliss-reactive ketones (excluding diaryl/α,β-unsaturated/α-hetero) is 2. The molecule has 2 heteroatoms. The van der Waals surface area contributed by atoms with Gasteiger partial charge in [-0.2, -0.15) is 0 Å². The first-order valence-electron chi connectivity index (χ1n) is 8.20. The SMILES string of the molecule is C/C=C/c1ccc(C(=O)C(=O)c2ccc(/C=C/C)cc2)cc1.CC. The van der Waals surface area contributed by atoms with Crippen molar-refractivity contribution < 1.29 is 9.59 Å². The van der Waals surface area contributed by atoms with Crippen LogP contribution in [0.5, 0.6) is 0 Å². The van der Waals surface area contributed by atoms with Crippen LogP contribution >= 0.6 is 0 Å². The number of rotatable bonds is 5. The van der Waals surface area contributed by atoms with Crippen molar-refractivity contribution in [1.29, 1.82) is 0 Å². The minimum atomic E-state index is -0.481. The zero-order chi connectivity index (χ0) is 17.9. The molecule has 24 heavy (non-hydrogen) atoms. The Hall–Kier alpha value is -2.74. The van der Waals surface area contributed by atoms with Crippen LogP contribution in [0.2, 0.25) is 0 Å². The van der Waals surface area contributed by atoms with Gasteiger partial charge < -0.3 is 0 Å². The first kappa shape index (κ1) is 19.3. The van der Waals surface area contributed by atoms with Gasteiger partial charge >= 0.3 is 0 Å². The van der Waals surface area contributed by atoms with Crippen molar-refractivity contribution in [2.75, 3.05) is 0 Å². The third kappa shape index (κ3) is 5.17. The molecule has 2 nitrogen and oxygen atoms in total. The summed E-state index contributed by atoms with van der Waals surface area (Å²) in [5, 5.41) is 0. The van der Waals surface area contributed by atoms with E-state index in [1.807, 2.05) is 76.3 Å². The van der Waals surface area contributed by atoms with Gasteiger partial charge in [0, 0.05) is 11.1 Å². The Morgan fingerprint density at radius 3 is 1.17 bits per heavy atom. The molecule has 124 valence electrons. The number of allylic oxidation sites excluding steroid dienone is 2. The van der Waals surface area contributed by atoms with Gasteiger partial charge in [-0.1, -0.05) is 86.7 Å². The molecule has 0 heterocycles. The normalized spacial score (nSPS) is 10.5. The monoisotopic (exact) mass is 320 g/mol. The maximum atomic E-state index is 12.2. The van der Waals surface area contributed by atoms with E-state index in [-0.39, 0.29) is 0 Å². The predicted molar refractivity (Wildman–Crippen MR) is 102 cm³/mol. The van der Waals surface area contributed by atoms with Crippen LogP contribution in [-0.4, -0.2) is 11.6 Å². The van der Waals surface area contributed by atoms with Crippen molar-refractivity contribution in [2.24, 2.45) is 0 Å². The first-order chi connectivity index (χ1) is 11.7. The van der Waals surface area contributed by atoms with E-state index >= 15 is 0 Å². The van der Waals surface area contributed by atoms with Crippen molar-refractivity contribution in [1.82, 2.24) is 0 Å². The van der Waals surface area contributed by atoms with E-state index in [2.05, 4.69) is 0 Å². The van der Waals surface area contributed by atoms with E-state index in [1.54, 1.807) is 24.3 Å². The summed E-state index contributed by atoms with van der Waals surface area (Å²) < 4.78 is 0. The largest absolute Gasteiger partial charge is 0.285 e. The Kier molecular flexibility index (Phi) is 8.14. The average molecular weight is 320 g/mol. The molecule has 0 unspecified atom stereocenters. The smallest absolute Gasteiger partial charge is 0.233 e. The Morgan fingerprint density at radius 1 is 0.625 bits per heavy atom. The van der Waals surface area contributed by atoms with Crippen molar-refractivity contribution in [3.63, 3.8) is 0 Å². The van der Waals surface area contributed by atoms with E-state index in [0.29, 0.717) is 11.1 Å². The Bertz CT molecular complexity index is 652. The highest BCUT2D eigenvalue weighted by atomic mass is 16.2. The average Bonchev–Trinajstić information content (AvgIpc) is 2.64. The molecule has 0 aliphatic rings. The van der Waals surface area contributed by atoms with Gasteiger partial charge in [0.15, 0.2) is 0 Å². The second-order valence-electron chi connectivity index (χ2n) is 4.90. The lowest BCUT2D eigenvalue weighted by molar-refractivity contribution is 0.0817. The van der Waals surface area contributed by atoms with E-state index < -0.39 is 11.6 Å². The molecule has 0 spiro atoms. The standard InChI is InChI=1S/C20H18O2.C2H6/c1-3-5-15-7-11-17(12-8-15)19(21)20(22)18-13-9-16(6-4-2)10-14-18;1-2/h3-14H,1-2H3;1-2H3/b5-3+,6-4+;. The van der Waals surface area contributed by atoms with Gasteiger partial charge in [0.2, 0.25) is 11.6 Å². The summed E-state index contributed by atoms with van der Waals surface area (Å²) in [6.45, 7) is 7.86. The van der Waals surface area contributed by atoms with Gasteiger partial charge in [0.25, 0.3) is 0 Å². The summed E-state index contributed by atoms with van der Waals surface area (Å²) in [5.41, 5.74) is 2.83. The zero-order valence-electron chi connectivity index (χ0n) is 14.7. The molecular formula is C22H24O2. The molecule has 0 atom stereocenters. The van der Waals surface area contributed by atoms with Gasteiger partial charge in [-0.25, -0.2) is 0 Å². The fraction of sp³-hybridized carbons (Fsp3) is 0.182. The summed E-state index contributed by atoms with van der Waals surface area (Å²) in [5.74, 6) is -0.961. The fourth-order valence-electron chi connectivity index (χ4n) is 2.14. The molecule has 0 saturated carbocycles. The Labute approximate surface area is 144 Å². The Morgan fingerprint density at radius 2 is 0.917 bits per heavy atom. The van der Waals surface area contributed by atoms with Crippen LogP contribution in [0.25, 0.3) is 12.2 Å². The highest BCUT2D eigenvalue weighted by molar-refractivity contribution is 6.49. The summed E-state index contributed by atoms with van der Waals surface area (Å²) in [6, 6.07) is 14.1. The molecule has 2 aromatic rings. The van der Waals surface area contributed by atoms with E-state index in [1.165, 1.54) is 0 Å². The van der Waals surface area contributed by atoms with Crippen molar-refractivity contribution in [3.05, 3.63) is 82.9 Å². The minimum Gasteiger partial charge on any atom is -0.285 e. The first-order valence-corrected chi connectivity index (χ1v) is 8.20. The maximum absolute atomic E-state index is 12.2. The van der Waals surface area contributed by atoms with Crippen LogP contribution in [-0.2, 0) is 0 Å². The number of hydrogen-bond donors (Lipinski definition) is 0. The summed E-state index contributed by atoms with van der Waals surface area (Å²) in [4.78, 5) is 24.5. The summed E-state index contributed by atoms with van der Waals surface area (Å²) >= 11 is 0. The maximum Gasteiger partial charge on any atom is 0.233 e. The molecule has 2 rings (SSSR count). The molecule has 0 fully saturated rings. The molecule has 2 aromatic carbocycles. The second kappa shape index (κ2) is 10.1. The zero-order valence-corrected chi connectivity index (χ0v) is 14.7. The number of ketones is 2. The van der Waals surface area contributed by atoms with Crippen LogP contribution in [0.3, 0.4) is 0 Å². The van der Waals surface area contributed by atoms with Gasteiger partial charge in [-0.05, 0) is 25.0 Å². The van der Waals surface area contributed by atoms with Crippen LogP contribution in [0.4, 0.5) is 0 Å². The summed E-state index contributed by atoms with van der Waals surface area (Å²) in [6.07, 6.45) is 7.73. The van der Waals surface area contributed by atoms with E-state index in [9.17, 15) is 9.59 Å². The molecule has 0 amide bonds. The number of hydrogen-bond acceptors (Lipinski definition) is 2. The van der Waals surface area contributed by atoms with Crippen molar-refractivity contribution >= 4 is 23.7 Å². The molecule has 0 saturated heterocycles. The number of carbonyl (C=O) groups is 2.